The molecular weight excluding hydrogens is 610 g/mol. The summed E-state index contributed by atoms with van der Waals surface area (Å²) in [5.41, 5.74) is 3.17. The van der Waals surface area contributed by atoms with Crippen molar-refractivity contribution in [1.82, 2.24) is 25.9 Å². The molecule has 4 atom stereocenters. The van der Waals surface area contributed by atoms with Gasteiger partial charge in [-0.15, -0.1) is 0 Å². The average molecular weight is 654 g/mol. The van der Waals surface area contributed by atoms with E-state index in [1.807, 2.05) is 80.6 Å². The minimum atomic E-state index is -1.08. The molecule has 252 valence electrons. The van der Waals surface area contributed by atoms with Crippen LogP contribution in [0.2, 0.25) is 0 Å². The summed E-state index contributed by atoms with van der Waals surface area (Å²) in [5.74, 6) is -0.757. The molecular formula is C37H43N5O6. The van der Waals surface area contributed by atoms with Crippen LogP contribution in [0.5, 0.6) is 0 Å². The number of hydrogen-bond acceptors (Lipinski definition) is 8. The number of pyridine rings is 2. The number of carbonyl (C=O) groups is 3. The number of rotatable bonds is 16. The third-order valence-electron chi connectivity index (χ3n) is 7.66. The maximum atomic E-state index is 13.7. The Kier molecular flexibility index (Phi) is 13.9. The summed E-state index contributed by atoms with van der Waals surface area (Å²) in [4.78, 5) is 47.4. The summed E-state index contributed by atoms with van der Waals surface area (Å²) in [6.07, 6.45) is 3.23. The molecule has 0 spiro atoms. The van der Waals surface area contributed by atoms with E-state index < -0.39 is 42.3 Å². The van der Waals surface area contributed by atoms with E-state index in [1.54, 1.807) is 42.9 Å². The van der Waals surface area contributed by atoms with E-state index in [0.29, 0.717) is 18.5 Å². The number of alkyl carbamates (subject to hydrolysis) is 2. The average Bonchev–Trinajstić information content (AvgIpc) is 3.10. The van der Waals surface area contributed by atoms with E-state index in [-0.39, 0.29) is 25.6 Å². The highest BCUT2D eigenvalue weighted by atomic mass is 16.6. The lowest BCUT2D eigenvalue weighted by atomic mass is 9.93. The lowest BCUT2D eigenvalue weighted by Gasteiger charge is -2.30. The Morgan fingerprint density at radius 3 is 1.96 bits per heavy atom. The normalized spacial score (nSPS) is 13.4. The third-order valence-corrected chi connectivity index (χ3v) is 7.66. The quantitative estimate of drug-likeness (QED) is 0.135. The first-order chi connectivity index (χ1) is 23.3. The minimum absolute atomic E-state index is 0.0425. The van der Waals surface area contributed by atoms with Crippen molar-refractivity contribution in [2.75, 3.05) is 0 Å². The summed E-state index contributed by atoms with van der Waals surface area (Å²) in [5, 5.41) is 20.2. The molecule has 0 radical (unpaired) electrons. The first-order valence-corrected chi connectivity index (χ1v) is 16.0. The number of aliphatic hydroxyl groups excluding tert-OH is 1. The number of benzene rings is 2. The molecule has 0 saturated heterocycles. The zero-order valence-corrected chi connectivity index (χ0v) is 27.2. The second-order valence-corrected chi connectivity index (χ2v) is 11.8. The van der Waals surface area contributed by atoms with Crippen molar-refractivity contribution in [2.24, 2.45) is 5.92 Å². The van der Waals surface area contributed by atoms with E-state index in [4.69, 9.17) is 9.47 Å². The second kappa shape index (κ2) is 18.8. The number of nitrogens with one attached hydrogen (secondary N) is 3. The standard InChI is InChI=1S/C37H43N5O6/c1-26(2)34(42-37(46)48-25-30-17-9-10-19-39-30)35(44)41-32(21-28-14-7-4-8-15-28)33(43)22-31(20-27-12-5-3-6-13-27)40-36(45)47-24-29-16-11-18-38-23-29/h3-19,23,26,31-34,43H,20-22,24-25H2,1-2H3,(H,40,45)(H,41,44)(H,42,46)/t31-,32-,33-,34-/m0/s1. The molecule has 0 unspecified atom stereocenters. The number of aliphatic hydroxyl groups is 1. The SMILES string of the molecule is CC(C)[C@H](NC(=O)OCc1ccccn1)C(=O)N[C@@H](Cc1ccccc1)[C@@H](O)C[C@H](Cc1ccccc1)NC(=O)OCc1cccnc1. The van der Waals surface area contributed by atoms with Gasteiger partial charge in [0.1, 0.15) is 19.3 Å². The van der Waals surface area contributed by atoms with Gasteiger partial charge in [0.2, 0.25) is 5.91 Å². The Hall–Kier alpha value is -5.29. The number of ether oxygens (including phenoxy) is 2. The fraction of sp³-hybridized carbons (Fsp3) is 0.324. The summed E-state index contributed by atoms with van der Waals surface area (Å²) in [6, 6.07) is 25.7. The Morgan fingerprint density at radius 1 is 0.708 bits per heavy atom. The Balaban J connectivity index is 1.46. The number of amides is 3. The van der Waals surface area contributed by atoms with Gasteiger partial charge in [0.25, 0.3) is 0 Å². The van der Waals surface area contributed by atoms with Crippen molar-refractivity contribution < 1.29 is 29.0 Å². The molecule has 2 heterocycles. The molecule has 48 heavy (non-hydrogen) atoms. The summed E-state index contributed by atoms with van der Waals surface area (Å²) >= 11 is 0. The number of hydrogen-bond donors (Lipinski definition) is 4. The highest BCUT2D eigenvalue weighted by molar-refractivity contribution is 5.86. The molecule has 3 amide bonds. The molecule has 2 aromatic carbocycles. The van der Waals surface area contributed by atoms with Crippen molar-refractivity contribution in [3.63, 3.8) is 0 Å². The number of nitrogens with zero attached hydrogens (tertiary/aromatic N) is 2. The molecule has 11 nitrogen and oxygen atoms in total. The minimum Gasteiger partial charge on any atom is -0.445 e. The van der Waals surface area contributed by atoms with E-state index in [2.05, 4.69) is 25.9 Å². The van der Waals surface area contributed by atoms with Crippen molar-refractivity contribution in [2.45, 2.75) is 70.6 Å². The number of carbonyl (C=O) groups excluding carboxylic acids is 3. The predicted molar refractivity (Wildman–Crippen MR) is 180 cm³/mol. The largest absolute Gasteiger partial charge is 0.445 e. The fourth-order valence-corrected chi connectivity index (χ4v) is 5.14. The molecule has 0 saturated carbocycles. The van der Waals surface area contributed by atoms with Crippen LogP contribution in [0.25, 0.3) is 0 Å². The molecule has 11 heteroatoms. The lowest BCUT2D eigenvalue weighted by Crippen LogP contribution is -2.56. The number of aromatic nitrogens is 2. The zero-order valence-electron chi connectivity index (χ0n) is 27.2. The lowest BCUT2D eigenvalue weighted by molar-refractivity contribution is -0.125. The van der Waals surface area contributed by atoms with Crippen LogP contribution in [0.4, 0.5) is 9.59 Å². The Labute approximate surface area is 281 Å². The van der Waals surface area contributed by atoms with Crippen molar-refractivity contribution in [1.29, 1.82) is 0 Å². The van der Waals surface area contributed by atoms with Crippen molar-refractivity contribution in [3.8, 4) is 0 Å². The molecule has 4 rings (SSSR count). The first kappa shape index (κ1) is 35.6. The van der Waals surface area contributed by atoms with E-state index in [9.17, 15) is 19.5 Å². The van der Waals surface area contributed by atoms with Crippen LogP contribution in [0, 0.1) is 5.92 Å². The van der Waals surface area contributed by atoms with Crippen molar-refractivity contribution >= 4 is 18.1 Å². The Morgan fingerprint density at radius 2 is 1.33 bits per heavy atom. The zero-order chi connectivity index (χ0) is 34.1. The van der Waals surface area contributed by atoms with E-state index in [0.717, 1.165) is 16.7 Å². The van der Waals surface area contributed by atoms with Crippen LogP contribution in [0.3, 0.4) is 0 Å². The predicted octanol–water partition coefficient (Wildman–Crippen LogP) is 4.74. The Bertz CT molecular complexity index is 1540. The monoisotopic (exact) mass is 653 g/mol. The fourth-order valence-electron chi connectivity index (χ4n) is 5.14. The highest BCUT2D eigenvalue weighted by Crippen LogP contribution is 2.16. The van der Waals surface area contributed by atoms with Crippen LogP contribution < -0.4 is 16.0 Å². The van der Waals surface area contributed by atoms with Crippen LogP contribution in [0.15, 0.2) is 110 Å². The molecule has 4 N–H and O–H groups in total. The molecule has 0 aliphatic heterocycles. The summed E-state index contributed by atoms with van der Waals surface area (Å²) < 4.78 is 10.7. The maximum Gasteiger partial charge on any atom is 0.408 e. The van der Waals surface area contributed by atoms with Gasteiger partial charge in [-0.1, -0.05) is 86.6 Å². The van der Waals surface area contributed by atoms with Crippen LogP contribution in [0.1, 0.15) is 42.7 Å². The van der Waals surface area contributed by atoms with Gasteiger partial charge in [-0.3, -0.25) is 14.8 Å². The van der Waals surface area contributed by atoms with E-state index >= 15 is 0 Å². The highest BCUT2D eigenvalue weighted by Gasteiger charge is 2.31. The van der Waals surface area contributed by atoms with Gasteiger partial charge >= 0.3 is 12.2 Å². The topological polar surface area (TPSA) is 152 Å². The molecule has 0 bridgehead atoms. The summed E-state index contributed by atoms with van der Waals surface area (Å²) in [7, 11) is 0. The van der Waals surface area contributed by atoms with Gasteiger partial charge in [0.05, 0.1) is 17.8 Å². The van der Waals surface area contributed by atoms with Gasteiger partial charge in [0.15, 0.2) is 0 Å². The smallest absolute Gasteiger partial charge is 0.408 e. The van der Waals surface area contributed by atoms with Crippen LogP contribution in [-0.2, 0) is 40.3 Å². The van der Waals surface area contributed by atoms with Crippen molar-refractivity contribution in [3.05, 3.63) is 132 Å². The van der Waals surface area contributed by atoms with Crippen LogP contribution in [-0.4, -0.2) is 57.4 Å². The molecule has 0 fully saturated rings. The molecule has 4 aromatic rings. The van der Waals surface area contributed by atoms with Gasteiger partial charge in [-0.2, -0.15) is 0 Å². The molecule has 2 aromatic heterocycles. The second-order valence-electron chi connectivity index (χ2n) is 11.8. The van der Waals surface area contributed by atoms with Gasteiger partial charge in [-0.25, -0.2) is 9.59 Å². The molecule has 0 aliphatic rings. The summed E-state index contributed by atoms with van der Waals surface area (Å²) in [6.45, 7) is 3.61. The maximum absolute atomic E-state index is 13.7. The third kappa shape index (κ3) is 12.1. The van der Waals surface area contributed by atoms with E-state index in [1.165, 1.54) is 0 Å². The first-order valence-electron chi connectivity index (χ1n) is 16.0. The van der Waals surface area contributed by atoms with Gasteiger partial charge < -0.3 is 30.5 Å². The molecule has 0 aliphatic carbocycles. The van der Waals surface area contributed by atoms with Gasteiger partial charge in [-0.05, 0) is 54.5 Å². The van der Waals surface area contributed by atoms with Crippen LogP contribution >= 0.6 is 0 Å². The van der Waals surface area contributed by atoms with Gasteiger partial charge in [0, 0.05) is 30.2 Å².